The zero-order chi connectivity index (χ0) is 20.1. The molecule has 2 N–H and O–H groups in total. The monoisotopic (exact) mass is 401 g/mol. The van der Waals surface area contributed by atoms with Crippen molar-refractivity contribution in [1.82, 2.24) is 15.5 Å². The molecule has 1 atom stereocenters. The van der Waals surface area contributed by atoms with Crippen molar-refractivity contribution in [2.45, 2.75) is 12.6 Å². The highest BCUT2D eigenvalue weighted by Gasteiger charge is 2.26. The molecule has 0 bridgehead atoms. The number of carbonyl (C=O) groups is 2. The predicted octanol–water partition coefficient (Wildman–Crippen LogP) is 0.814. The van der Waals surface area contributed by atoms with Crippen molar-refractivity contribution in [3.05, 3.63) is 47.9 Å². The van der Waals surface area contributed by atoms with E-state index < -0.39 is 11.8 Å². The minimum absolute atomic E-state index is 0.153. The van der Waals surface area contributed by atoms with Crippen LogP contribution in [-0.4, -0.2) is 56.4 Å². The molecule has 2 aliphatic rings. The van der Waals surface area contributed by atoms with Crippen molar-refractivity contribution < 1.29 is 28.2 Å². The molecule has 0 spiro atoms. The van der Waals surface area contributed by atoms with E-state index in [1.807, 2.05) is 18.2 Å². The maximum Gasteiger partial charge on any atom is 0.309 e. The van der Waals surface area contributed by atoms with Crippen LogP contribution in [-0.2, 0) is 20.9 Å². The Balaban J connectivity index is 1.29. The maximum absolute atomic E-state index is 12.3. The molecule has 4 rings (SSSR count). The van der Waals surface area contributed by atoms with Gasteiger partial charge in [-0.1, -0.05) is 6.07 Å². The van der Waals surface area contributed by atoms with Gasteiger partial charge in [-0.2, -0.15) is 0 Å². The summed E-state index contributed by atoms with van der Waals surface area (Å²) < 4.78 is 21.5. The highest BCUT2D eigenvalue weighted by molar-refractivity contribution is 6.35. The largest absolute Gasteiger partial charge is 0.468 e. The fourth-order valence-corrected chi connectivity index (χ4v) is 3.36. The molecule has 0 radical (unpaired) electrons. The lowest BCUT2D eigenvalue weighted by molar-refractivity contribution is -0.139. The first-order chi connectivity index (χ1) is 14.2. The third-order valence-corrected chi connectivity index (χ3v) is 4.91. The van der Waals surface area contributed by atoms with Crippen LogP contribution in [0.15, 0.2) is 41.0 Å². The van der Waals surface area contributed by atoms with Crippen LogP contribution < -0.4 is 20.1 Å². The van der Waals surface area contributed by atoms with E-state index >= 15 is 0 Å². The molecule has 154 valence electrons. The van der Waals surface area contributed by atoms with Gasteiger partial charge in [-0.15, -0.1) is 0 Å². The molecular weight excluding hydrogens is 378 g/mol. The van der Waals surface area contributed by atoms with Crippen molar-refractivity contribution in [3.8, 4) is 11.5 Å². The summed E-state index contributed by atoms with van der Waals surface area (Å²) in [7, 11) is 0. The number of hydrogen-bond acceptors (Lipinski definition) is 7. The van der Waals surface area contributed by atoms with Crippen molar-refractivity contribution >= 4 is 11.8 Å². The molecule has 0 aliphatic carbocycles. The first kappa shape index (κ1) is 19.3. The Morgan fingerprint density at radius 3 is 2.62 bits per heavy atom. The number of ether oxygens (including phenoxy) is 3. The van der Waals surface area contributed by atoms with Crippen LogP contribution in [0.2, 0.25) is 0 Å². The third-order valence-electron chi connectivity index (χ3n) is 4.91. The van der Waals surface area contributed by atoms with Crippen LogP contribution in [0.3, 0.4) is 0 Å². The van der Waals surface area contributed by atoms with Gasteiger partial charge in [0.15, 0.2) is 11.5 Å². The second-order valence-corrected chi connectivity index (χ2v) is 6.76. The summed E-state index contributed by atoms with van der Waals surface area (Å²) >= 11 is 0. The Morgan fingerprint density at radius 1 is 1.03 bits per heavy atom. The van der Waals surface area contributed by atoms with Gasteiger partial charge in [0, 0.05) is 26.2 Å². The summed E-state index contributed by atoms with van der Waals surface area (Å²) in [5, 5.41) is 5.33. The molecule has 9 nitrogen and oxygen atoms in total. The lowest BCUT2D eigenvalue weighted by Crippen LogP contribution is -2.46. The molecule has 3 heterocycles. The number of fused-ring (bicyclic) bond motifs is 1. The van der Waals surface area contributed by atoms with Crippen LogP contribution in [0.1, 0.15) is 17.4 Å². The minimum Gasteiger partial charge on any atom is -0.468 e. The highest BCUT2D eigenvalue weighted by atomic mass is 16.7. The Morgan fingerprint density at radius 2 is 1.83 bits per heavy atom. The molecule has 1 aromatic heterocycles. The molecule has 1 aromatic carbocycles. The molecule has 29 heavy (non-hydrogen) atoms. The Labute approximate surface area is 167 Å². The van der Waals surface area contributed by atoms with Gasteiger partial charge in [-0.25, -0.2) is 0 Å². The average Bonchev–Trinajstić information content (AvgIpc) is 3.44. The highest BCUT2D eigenvalue weighted by Crippen LogP contribution is 2.32. The number of amides is 2. The molecule has 0 unspecified atom stereocenters. The fourth-order valence-electron chi connectivity index (χ4n) is 3.36. The fraction of sp³-hybridized carbons (Fsp3) is 0.400. The maximum atomic E-state index is 12.3. The van der Waals surface area contributed by atoms with Crippen LogP contribution in [0, 0.1) is 0 Å². The molecule has 2 aromatic rings. The van der Waals surface area contributed by atoms with Crippen LogP contribution in [0.4, 0.5) is 0 Å². The van der Waals surface area contributed by atoms with E-state index in [0.29, 0.717) is 24.7 Å². The summed E-state index contributed by atoms with van der Waals surface area (Å²) in [6.07, 6.45) is 1.60. The number of morpholine rings is 1. The van der Waals surface area contributed by atoms with Gasteiger partial charge in [0.1, 0.15) is 5.76 Å². The van der Waals surface area contributed by atoms with E-state index in [2.05, 4.69) is 15.5 Å². The molecule has 1 saturated heterocycles. The molecule has 0 saturated carbocycles. The van der Waals surface area contributed by atoms with Crippen LogP contribution in [0.5, 0.6) is 11.5 Å². The Hall–Kier alpha value is -3.04. The number of nitrogens with one attached hydrogen (secondary N) is 2. The SMILES string of the molecule is O=C(NCc1ccc2c(c1)OCO2)C(=O)NC[C@H](c1ccco1)N1CCOCC1. The number of benzene rings is 1. The van der Waals surface area contributed by atoms with Gasteiger partial charge < -0.3 is 29.3 Å². The number of rotatable bonds is 6. The van der Waals surface area contributed by atoms with E-state index in [4.69, 9.17) is 18.6 Å². The zero-order valence-corrected chi connectivity index (χ0v) is 15.9. The molecule has 1 fully saturated rings. The van der Waals surface area contributed by atoms with Gasteiger partial charge in [0.25, 0.3) is 0 Å². The Kier molecular flexibility index (Phi) is 5.97. The molecular formula is C20H23N3O6. The topological polar surface area (TPSA) is 102 Å². The molecule has 2 amide bonds. The summed E-state index contributed by atoms with van der Waals surface area (Å²) in [5.41, 5.74) is 0.817. The van der Waals surface area contributed by atoms with Crippen molar-refractivity contribution in [1.29, 1.82) is 0 Å². The average molecular weight is 401 g/mol. The van der Waals surface area contributed by atoms with Gasteiger partial charge in [0.2, 0.25) is 6.79 Å². The smallest absolute Gasteiger partial charge is 0.309 e. The van der Waals surface area contributed by atoms with Gasteiger partial charge in [-0.05, 0) is 29.8 Å². The Bertz CT molecular complexity index is 848. The van der Waals surface area contributed by atoms with Gasteiger partial charge in [-0.3, -0.25) is 14.5 Å². The molecule has 9 heteroatoms. The van der Waals surface area contributed by atoms with Crippen LogP contribution >= 0.6 is 0 Å². The lowest BCUT2D eigenvalue weighted by atomic mass is 10.1. The predicted molar refractivity (Wildman–Crippen MR) is 101 cm³/mol. The summed E-state index contributed by atoms with van der Waals surface area (Å²) in [5.74, 6) is 0.671. The van der Waals surface area contributed by atoms with Crippen molar-refractivity contribution in [3.63, 3.8) is 0 Å². The quantitative estimate of drug-likeness (QED) is 0.691. The number of nitrogens with zero attached hydrogens (tertiary/aromatic N) is 1. The van der Waals surface area contributed by atoms with Crippen molar-refractivity contribution in [2.75, 3.05) is 39.6 Å². The number of furan rings is 1. The van der Waals surface area contributed by atoms with Crippen molar-refractivity contribution in [2.24, 2.45) is 0 Å². The molecule has 2 aliphatic heterocycles. The van der Waals surface area contributed by atoms with E-state index in [9.17, 15) is 9.59 Å². The van der Waals surface area contributed by atoms with E-state index in [-0.39, 0.29) is 25.9 Å². The first-order valence-electron chi connectivity index (χ1n) is 9.50. The van der Waals surface area contributed by atoms with Crippen LogP contribution in [0.25, 0.3) is 0 Å². The summed E-state index contributed by atoms with van der Waals surface area (Å²) in [4.78, 5) is 26.6. The number of carbonyl (C=O) groups excluding carboxylic acids is 2. The summed E-state index contributed by atoms with van der Waals surface area (Å²) in [6, 6.07) is 8.90. The van der Waals surface area contributed by atoms with Gasteiger partial charge >= 0.3 is 11.8 Å². The number of hydrogen-bond donors (Lipinski definition) is 2. The summed E-state index contributed by atoms with van der Waals surface area (Å²) in [6.45, 7) is 3.39. The standard InChI is InChI=1S/C20H23N3O6/c24-19(21-11-14-3-4-17-18(10-14)29-13-28-17)20(25)22-12-15(16-2-1-7-27-16)23-5-8-26-9-6-23/h1-4,7,10,15H,5-6,8-9,11-13H2,(H,21,24)(H,22,25)/t15-/m1/s1. The second-order valence-electron chi connectivity index (χ2n) is 6.76. The normalized spacial score (nSPS) is 17.0. The minimum atomic E-state index is -0.692. The van der Waals surface area contributed by atoms with Gasteiger partial charge in [0.05, 0.1) is 25.5 Å². The zero-order valence-electron chi connectivity index (χ0n) is 15.9. The first-order valence-corrected chi connectivity index (χ1v) is 9.50. The van der Waals surface area contributed by atoms with E-state index in [1.165, 1.54) is 0 Å². The second kappa shape index (κ2) is 8.97. The third kappa shape index (κ3) is 4.69. The van der Waals surface area contributed by atoms with E-state index in [1.54, 1.807) is 18.4 Å². The lowest BCUT2D eigenvalue weighted by Gasteiger charge is -2.33. The van der Waals surface area contributed by atoms with E-state index in [0.717, 1.165) is 24.4 Å².